The summed E-state index contributed by atoms with van der Waals surface area (Å²) in [6, 6.07) is 0.762. The minimum atomic E-state index is 0.762. The average molecular weight is 197 g/mol. The molecule has 0 radical (unpaired) electrons. The molecule has 84 valence electrons. The molecule has 0 heterocycles. The molecule has 0 amide bonds. The molecule has 1 rings (SSSR count). The number of hydrogen-bond donors (Lipinski definition) is 1. The van der Waals surface area contributed by atoms with E-state index in [2.05, 4.69) is 26.2 Å². The highest BCUT2D eigenvalue weighted by molar-refractivity contribution is 4.74. The molecule has 0 aliphatic heterocycles. The minimum absolute atomic E-state index is 0.762. The van der Waals surface area contributed by atoms with Crippen LogP contribution in [-0.4, -0.2) is 13.1 Å². The van der Waals surface area contributed by atoms with Crippen LogP contribution in [0.1, 0.15) is 58.8 Å². The summed E-state index contributed by atoms with van der Waals surface area (Å²) in [4.78, 5) is 0. The van der Waals surface area contributed by atoms with Gasteiger partial charge in [-0.1, -0.05) is 46.0 Å². The standard InChI is InChI=1S/C13H27N/c1-11(2)9-13(14-3)10-12-7-5-4-6-8-12/h11-14H,4-10H2,1-3H3/t13-/m1/s1. The Kier molecular flexibility index (Phi) is 5.54. The van der Waals surface area contributed by atoms with E-state index in [9.17, 15) is 0 Å². The van der Waals surface area contributed by atoms with Crippen LogP contribution in [0.5, 0.6) is 0 Å². The molecule has 0 aromatic carbocycles. The van der Waals surface area contributed by atoms with Crippen molar-refractivity contribution in [2.45, 2.75) is 64.8 Å². The van der Waals surface area contributed by atoms with E-state index in [-0.39, 0.29) is 0 Å². The van der Waals surface area contributed by atoms with Crippen molar-refractivity contribution < 1.29 is 0 Å². The van der Waals surface area contributed by atoms with Crippen LogP contribution in [0.4, 0.5) is 0 Å². The Balaban J connectivity index is 2.23. The Morgan fingerprint density at radius 1 is 1.14 bits per heavy atom. The lowest BCUT2D eigenvalue weighted by molar-refractivity contribution is 0.285. The quantitative estimate of drug-likeness (QED) is 0.710. The van der Waals surface area contributed by atoms with E-state index in [0.29, 0.717) is 0 Å². The van der Waals surface area contributed by atoms with E-state index in [1.807, 2.05) is 0 Å². The summed E-state index contributed by atoms with van der Waals surface area (Å²) < 4.78 is 0. The summed E-state index contributed by atoms with van der Waals surface area (Å²) in [6.07, 6.45) is 10.1. The molecule has 1 N–H and O–H groups in total. The molecule has 1 heteroatoms. The highest BCUT2D eigenvalue weighted by Gasteiger charge is 2.18. The molecule has 1 nitrogen and oxygen atoms in total. The Bertz CT molecular complexity index is 136. The summed E-state index contributed by atoms with van der Waals surface area (Å²) in [6.45, 7) is 4.65. The van der Waals surface area contributed by atoms with Crippen molar-refractivity contribution in [1.29, 1.82) is 0 Å². The Hall–Kier alpha value is -0.0400. The number of hydrogen-bond acceptors (Lipinski definition) is 1. The predicted octanol–water partition coefficient (Wildman–Crippen LogP) is 3.59. The highest BCUT2D eigenvalue weighted by atomic mass is 14.9. The zero-order valence-electron chi connectivity index (χ0n) is 10.2. The molecule has 14 heavy (non-hydrogen) atoms. The summed E-state index contributed by atoms with van der Waals surface area (Å²) in [5.41, 5.74) is 0. The van der Waals surface area contributed by atoms with Gasteiger partial charge in [-0.2, -0.15) is 0 Å². The van der Waals surface area contributed by atoms with Gasteiger partial charge in [0.1, 0.15) is 0 Å². The molecule has 1 aliphatic rings. The van der Waals surface area contributed by atoms with Crippen LogP contribution in [0.25, 0.3) is 0 Å². The molecule has 1 atom stereocenters. The fourth-order valence-corrected chi connectivity index (χ4v) is 2.73. The normalized spacial score (nSPS) is 21.4. The Labute approximate surface area is 89.7 Å². The molecule has 1 saturated carbocycles. The first-order valence-corrected chi connectivity index (χ1v) is 6.39. The van der Waals surface area contributed by atoms with Crippen LogP contribution < -0.4 is 5.32 Å². The van der Waals surface area contributed by atoms with Gasteiger partial charge in [-0.3, -0.25) is 0 Å². The van der Waals surface area contributed by atoms with Crippen LogP contribution >= 0.6 is 0 Å². The van der Waals surface area contributed by atoms with Gasteiger partial charge < -0.3 is 5.32 Å². The first kappa shape index (κ1) is 12.0. The third-order valence-electron chi connectivity index (χ3n) is 3.51. The van der Waals surface area contributed by atoms with Crippen LogP contribution in [0.2, 0.25) is 0 Å². The maximum Gasteiger partial charge on any atom is 0.00691 e. The van der Waals surface area contributed by atoms with Crippen molar-refractivity contribution in [3.05, 3.63) is 0 Å². The van der Waals surface area contributed by atoms with E-state index in [1.54, 1.807) is 0 Å². The van der Waals surface area contributed by atoms with E-state index in [4.69, 9.17) is 0 Å². The predicted molar refractivity (Wildman–Crippen MR) is 63.5 cm³/mol. The van der Waals surface area contributed by atoms with Gasteiger partial charge in [-0.25, -0.2) is 0 Å². The molecule has 1 fully saturated rings. The molecular formula is C13H27N. The third kappa shape index (κ3) is 4.45. The van der Waals surface area contributed by atoms with E-state index in [0.717, 1.165) is 17.9 Å². The molecule has 0 saturated heterocycles. The van der Waals surface area contributed by atoms with Crippen molar-refractivity contribution in [2.24, 2.45) is 11.8 Å². The lowest BCUT2D eigenvalue weighted by Gasteiger charge is -2.27. The lowest BCUT2D eigenvalue weighted by atomic mass is 9.83. The minimum Gasteiger partial charge on any atom is -0.317 e. The zero-order valence-corrected chi connectivity index (χ0v) is 10.2. The van der Waals surface area contributed by atoms with Gasteiger partial charge in [0.15, 0.2) is 0 Å². The number of rotatable bonds is 5. The van der Waals surface area contributed by atoms with E-state index < -0.39 is 0 Å². The second-order valence-electron chi connectivity index (χ2n) is 5.35. The van der Waals surface area contributed by atoms with Gasteiger partial charge >= 0.3 is 0 Å². The van der Waals surface area contributed by atoms with Crippen LogP contribution in [0.3, 0.4) is 0 Å². The fraction of sp³-hybridized carbons (Fsp3) is 1.00. The van der Waals surface area contributed by atoms with Crippen molar-refractivity contribution in [2.75, 3.05) is 7.05 Å². The molecule has 1 aliphatic carbocycles. The SMILES string of the molecule is CN[C@H](CC(C)C)CC1CCCCC1. The van der Waals surface area contributed by atoms with E-state index in [1.165, 1.54) is 44.9 Å². The monoisotopic (exact) mass is 197 g/mol. The van der Waals surface area contributed by atoms with Gasteiger partial charge in [0.25, 0.3) is 0 Å². The van der Waals surface area contributed by atoms with Gasteiger partial charge in [-0.15, -0.1) is 0 Å². The molecule has 0 unspecified atom stereocenters. The van der Waals surface area contributed by atoms with Crippen LogP contribution in [0.15, 0.2) is 0 Å². The lowest BCUT2D eigenvalue weighted by Crippen LogP contribution is -2.30. The largest absolute Gasteiger partial charge is 0.317 e. The maximum atomic E-state index is 3.48. The van der Waals surface area contributed by atoms with Gasteiger partial charge in [-0.05, 0) is 31.7 Å². The first-order chi connectivity index (χ1) is 6.72. The van der Waals surface area contributed by atoms with Crippen molar-refractivity contribution in [3.8, 4) is 0 Å². The number of nitrogens with one attached hydrogen (secondary N) is 1. The van der Waals surface area contributed by atoms with Crippen molar-refractivity contribution in [3.63, 3.8) is 0 Å². The van der Waals surface area contributed by atoms with Crippen LogP contribution in [0, 0.1) is 11.8 Å². The highest BCUT2D eigenvalue weighted by Crippen LogP contribution is 2.28. The Morgan fingerprint density at radius 3 is 2.29 bits per heavy atom. The summed E-state index contributed by atoms with van der Waals surface area (Å²) in [5, 5.41) is 3.48. The fourth-order valence-electron chi connectivity index (χ4n) is 2.73. The second-order valence-corrected chi connectivity index (χ2v) is 5.35. The summed E-state index contributed by atoms with van der Waals surface area (Å²) in [5.74, 6) is 1.84. The molecule has 0 aromatic heterocycles. The summed E-state index contributed by atoms with van der Waals surface area (Å²) in [7, 11) is 2.12. The van der Waals surface area contributed by atoms with Gasteiger partial charge in [0.2, 0.25) is 0 Å². The smallest absolute Gasteiger partial charge is 0.00691 e. The van der Waals surface area contributed by atoms with Gasteiger partial charge in [0, 0.05) is 6.04 Å². The van der Waals surface area contributed by atoms with Crippen molar-refractivity contribution >= 4 is 0 Å². The molecule has 0 spiro atoms. The first-order valence-electron chi connectivity index (χ1n) is 6.39. The molecule has 0 bridgehead atoms. The molecule has 0 aromatic rings. The molecular weight excluding hydrogens is 170 g/mol. The van der Waals surface area contributed by atoms with E-state index >= 15 is 0 Å². The second kappa shape index (κ2) is 6.44. The topological polar surface area (TPSA) is 12.0 Å². The Morgan fingerprint density at radius 2 is 1.79 bits per heavy atom. The third-order valence-corrected chi connectivity index (χ3v) is 3.51. The average Bonchev–Trinajstić information content (AvgIpc) is 2.17. The summed E-state index contributed by atoms with van der Waals surface area (Å²) >= 11 is 0. The van der Waals surface area contributed by atoms with Crippen molar-refractivity contribution in [1.82, 2.24) is 5.32 Å². The van der Waals surface area contributed by atoms with Crippen LogP contribution in [-0.2, 0) is 0 Å². The maximum absolute atomic E-state index is 3.48. The van der Waals surface area contributed by atoms with Gasteiger partial charge in [0.05, 0.1) is 0 Å². The zero-order chi connectivity index (χ0) is 10.4.